The zero-order valence-electron chi connectivity index (χ0n) is 14.5. The van der Waals surface area contributed by atoms with Crippen LogP contribution in [0.15, 0.2) is 85.2 Å². The average molecular weight is 343 g/mol. The van der Waals surface area contributed by atoms with Crippen molar-refractivity contribution in [2.75, 3.05) is 18.4 Å². The maximum absolute atomic E-state index is 12.5. The first-order valence-corrected chi connectivity index (χ1v) is 8.86. The Kier molecular flexibility index (Phi) is 4.75. The highest BCUT2D eigenvalue weighted by atomic mass is 16.2. The average Bonchev–Trinajstić information content (AvgIpc) is 2.66. The zero-order chi connectivity index (χ0) is 17.8. The molecule has 0 spiro atoms. The minimum absolute atomic E-state index is 0.00475. The molecule has 4 nitrogen and oxygen atoms in total. The first-order valence-electron chi connectivity index (χ1n) is 8.86. The predicted molar refractivity (Wildman–Crippen MR) is 103 cm³/mol. The first kappa shape index (κ1) is 16.5. The van der Waals surface area contributed by atoms with Gasteiger partial charge in [0.15, 0.2) is 0 Å². The largest absolute Gasteiger partial charge is 0.324 e. The molecule has 1 aliphatic rings. The number of nitrogens with zero attached hydrogens (tertiary/aromatic N) is 2. The second-order valence-electron chi connectivity index (χ2n) is 6.61. The van der Waals surface area contributed by atoms with Crippen LogP contribution in [0.4, 0.5) is 5.69 Å². The molecule has 1 aliphatic heterocycles. The molecule has 2 heterocycles. The first-order chi connectivity index (χ1) is 12.8. The number of pyridine rings is 1. The van der Waals surface area contributed by atoms with E-state index in [9.17, 15) is 4.79 Å². The van der Waals surface area contributed by atoms with Crippen LogP contribution in [0.2, 0.25) is 0 Å². The monoisotopic (exact) mass is 343 g/mol. The lowest BCUT2D eigenvalue weighted by atomic mass is 9.90. The SMILES string of the molecule is O=C(Nc1cccnc1)C1CN(C(c2ccccc2)c2ccccc2)C1. The summed E-state index contributed by atoms with van der Waals surface area (Å²) in [5.41, 5.74) is 3.26. The molecule has 1 saturated heterocycles. The van der Waals surface area contributed by atoms with Gasteiger partial charge in [0.1, 0.15) is 0 Å². The molecule has 0 unspecified atom stereocenters. The number of hydrogen-bond donors (Lipinski definition) is 1. The van der Waals surface area contributed by atoms with Gasteiger partial charge < -0.3 is 5.32 Å². The summed E-state index contributed by atoms with van der Waals surface area (Å²) in [7, 11) is 0. The van der Waals surface area contributed by atoms with E-state index in [1.165, 1.54) is 11.1 Å². The molecule has 1 fully saturated rings. The molecule has 0 atom stereocenters. The van der Waals surface area contributed by atoms with Gasteiger partial charge >= 0.3 is 0 Å². The summed E-state index contributed by atoms with van der Waals surface area (Å²) < 4.78 is 0. The Morgan fingerprint density at radius 3 is 2.08 bits per heavy atom. The molecule has 26 heavy (non-hydrogen) atoms. The van der Waals surface area contributed by atoms with E-state index < -0.39 is 0 Å². The number of likely N-dealkylation sites (tertiary alicyclic amines) is 1. The van der Waals surface area contributed by atoms with E-state index in [0.29, 0.717) is 0 Å². The van der Waals surface area contributed by atoms with Gasteiger partial charge in [-0.15, -0.1) is 0 Å². The van der Waals surface area contributed by atoms with E-state index in [1.807, 2.05) is 24.3 Å². The summed E-state index contributed by atoms with van der Waals surface area (Å²) in [4.78, 5) is 18.9. The van der Waals surface area contributed by atoms with Gasteiger partial charge in [0.25, 0.3) is 0 Å². The van der Waals surface area contributed by atoms with Crippen LogP contribution in [0.3, 0.4) is 0 Å². The minimum Gasteiger partial charge on any atom is -0.324 e. The van der Waals surface area contributed by atoms with Crippen molar-refractivity contribution in [3.8, 4) is 0 Å². The fourth-order valence-corrected chi connectivity index (χ4v) is 3.46. The van der Waals surface area contributed by atoms with Crippen LogP contribution in [0.1, 0.15) is 17.2 Å². The molecule has 3 aromatic rings. The summed E-state index contributed by atoms with van der Waals surface area (Å²) in [6, 6.07) is 24.8. The molecule has 130 valence electrons. The molecule has 4 rings (SSSR count). The zero-order valence-corrected chi connectivity index (χ0v) is 14.5. The topological polar surface area (TPSA) is 45.2 Å². The third-order valence-corrected chi connectivity index (χ3v) is 4.81. The number of benzene rings is 2. The number of rotatable bonds is 5. The van der Waals surface area contributed by atoms with Crippen molar-refractivity contribution in [3.63, 3.8) is 0 Å². The third-order valence-electron chi connectivity index (χ3n) is 4.81. The molecule has 0 radical (unpaired) electrons. The van der Waals surface area contributed by atoms with Crippen molar-refractivity contribution in [1.29, 1.82) is 0 Å². The Balaban J connectivity index is 1.47. The Morgan fingerprint density at radius 2 is 1.54 bits per heavy atom. The Hall–Kier alpha value is -2.98. The van der Waals surface area contributed by atoms with Crippen LogP contribution in [0, 0.1) is 5.92 Å². The number of carbonyl (C=O) groups excluding carboxylic acids is 1. The highest BCUT2D eigenvalue weighted by Gasteiger charge is 2.37. The van der Waals surface area contributed by atoms with Gasteiger partial charge in [0.05, 0.1) is 23.8 Å². The number of nitrogens with one attached hydrogen (secondary N) is 1. The van der Waals surface area contributed by atoms with Crippen molar-refractivity contribution < 1.29 is 4.79 Å². The lowest BCUT2D eigenvalue weighted by Crippen LogP contribution is -2.53. The molecule has 1 amide bonds. The van der Waals surface area contributed by atoms with E-state index in [2.05, 4.69) is 63.7 Å². The van der Waals surface area contributed by atoms with Crippen LogP contribution in [0.25, 0.3) is 0 Å². The van der Waals surface area contributed by atoms with E-state index in [-0.39, 0.29) is 17.9 Å². The van der Waals surface area contributed by atoms with Crippen LogP contribution in [-0.2, 0) is 4.79 Å². The van der Waals surface area contributed by atoms with Gasteiger partial charge in [-0.3, -0.25) is 14.7 Å². The van der Waals surface area contributed by atoms with E-state index in [4.69, 9.17) is 0 Å². The predicted octanol–water partition coefficient (Wildman–Crippen LogP) is 3.74. The molecular weight excluding hydrogens is 322 g/mol. The van der Waals surface area contributed by atoms with Crippen LogP contribution >= 0.6 is 0 Å². The quantitative estimate of drug-likeness (QED) is 0.767. The smallest absolute Gasteiger partial charge is 0.230 e. The summed E-state index contributed by atoms with van der Waals surface area (Å²) >= 11 is 0. The molecular formula is C22H21N3O. The molecule has 1 N–H and O–H groups in total. The lowest BCUT2D eigenvalue weighted by molar-refractivity contribution is -0.125. The van der Waals surface area contributed by atoms with Gasteiger partial charge in [-0.25, -0.2) is 0 Å². The van der Waals surface area contributed by atoms with E-state index in [1.54, 1.807) is 12.4 Å². The van der Waals surface area contributed by atoms with Crippen LogP contribution in [0.5, 0.6) is 0 Å². The van der Waals surface area contributed by atoms with Gasteiger partial charge in [0.2, 0.25) is 5.91 Å². The number of anilines is 1. The highest BCUT2D eigenvalue weighted by molar-refractivity contribution is 5.93. The second kappa shape index (κ2) is 7.50. The normalized spacial score (nSPS) is 14.8. The third kappa shape index (κ3) is 3.51. The van der Waals surface area contributed by atoms with Gasteiger partial charge in [0, 0.05) is 19.3 Å². The van der Waals surface area contributed by atoms with Gasteiger partial charge in [-0.1, -0.05) is 60.7 Å². The lowest BCUT2D eigenvalue weighted by Gasteiger charge is -2.44. The van der Waals surface area contributed by atoms with Crippen LogP contribution < -0.4 is 5.32 Å². The van der Waals surface area contributed by atoms with Crippen molar-refractivity contribution in [1.82, 2.24) is 9.88 Å². The molecule has 1 aromatic heterocycles. The standard InChI is InChI=1S/C22H21N3O/c26-22(24-20-12-7-13-23-14-20)19-15-25(16-19)21(17-8-3-1-4-9-17)18-10-5-2-6-11-18/h1-14,19,21H,15-16H2,(H,24,26). The van der Waals surface area contributed by atoms with Crippen molar-refractivity contribution in [3.05, 3.63) is 96.3 Å². The molecule has 0 bridgehead atoms. The molecule has 0 aliphatic carbocycles. The molecule has 0 saturated carbocycles. The maximum atomic E-state index is 12.5. The number of hydrogen-bond acceptors (Lipinski definition) is 3. The Morgan fingerprint density at radius 1 is 0.923 bits per heavy atom. The van der Waals surface area contributed by atoms with Crippen LogP contribution in [-0.4, -0.2) is 28.9 Å². The second-order valence-corrected chi connectivity index (χ2v) is 6.61. The summed E-state index contributed by atoms with van der Waals surface area (Å²) in [5, 5.41) is 2.95. The fraction of sp³-hybridized carbons (Fsp3) is 0.182. The number of aromatic nitrogens is 1. The summed E-state index contributed by atoms with van der Waals surface area (Å²) in [5.74, 6) is 0.0688. The number of amides is 1. The Bertz CT molecular complexity index is 807. The maximum Gasteiger partial charge on any atom is 0.230 e. The van der Waals surface area contributed by atoms with E-state index >= 15 is 0 Å². The summed E-state index contributed by atoms with van der Waals surface area (Å²) in [6.07, 6.45) is 3.37. The highest BCUT2D eigenvalue weighted by Crippen LogP contribution is 2.34. The summed E-state index contributed by atoms with van der Waals surface area (Å²) in [6.45, 7) is 1.50. The van der Waals surface area contributed by atoms with E-state index in [0.717, 1.165) is 18.8 Å². The minimum atomic E-state index is 0.00475. The molecule has 4 heteroatoms. The molecule has 2 aromatic carbocycles. The van der Waals surface area contributed by atoms with Gasteiger partial charge in [-0.05, 0) is 23.3 Å². The van der Waals surface area contributed by atoms with Crippen molar-refractivity contribution in [2.24, 2.45) is 5.92 Å². The van der Waals surface area contributed by atoms with Crippen molar-refractivity contribution >= 4 is 11.6 Å². The fourth-order valence-electron chi connectivity index (χ4n) is 3.46. The van der Waals surface area contributed by atoms with Crippen molar-refractivity contribution in [2.45, 2.75) is 6.04 Å². The number of carbonyl (C=O) groups is 1. The Labute approximate surface area is 153 Å². The van der Waals surface area contributed by atoms with Gasteiger partial charge in [-0.2, -0.15) is 0 Å².